The molecule has 3 aliphatic rings. The molecule has 4 heterocycles. The number of hydrogen-bond acceptors (Lipinski definition) is 5. The van der Waals surface area contributed by atoms with Crippen LogP contribution in [0.15, 0.2) is 6.20 Å². The molecule has 8 nitrogen and oxygen atoms in total. The van der Waals surface area contributed by atoms with Crippen LogP contribution in [0.2, 0.25) is 0 Å². The van der Waals surface area contributed by atoms with Crippen molar-refractivity contribution in [1.82, 2.24) is 25.1 Å². The molecule has 8 heteroatoms. The van der Waals surface area contributed by atoms with Gasteiger partial charge in [-0.25, -0.2) is 4.98 Å². The largest absolute Gasteiger partial charge is 0.380 e. The molecule has 0 radical (unpaired) electrons. The van der Waals surface area contributed by atoms with E-state index in [1.54, 1.807) is 6.20 Å². The van der Waals surface area contributed by atoms with Crippen LogP contribution < -0.4 is 5.32 Å². The van der Waals surface area contributed by atoms with Gasteiger partial charge >= 0.3 is 0 Å². The molecule has 160 valence electrons. The Hall–Kier alpha value is -1.93. The number of amides is 2. The van der Waals surface area contributed by atoms with Crippen molar-refractivity contribution in [3.63, 3.8) is 0 Å². The average molecular weight is 404 g/mol. The van der Waals surface area contributed by atoms with Crippen molar-refractivity contribution in [1.29, 1.82) is 0 Å². The fraction of sp³-hybridized carbons (Fsp3) is 0.762. The van der Waals surface area contributed by atoms with E-state index in [9.17, 15) is 9.59 Å². The average Bonchev–Trinajstić information content (AvgIpc) is 3.15. The highest BCUT2D eigenvalue weighted by molar-refractivity contribution is 5.92. The van der Waals surface area contributed by atoms with Gasteiger partial charge in [0.15, 0.2) is 0 Å². The van der Waals surface area contributed by atoms with Gasteiger partial charge in [-0.15, -0.1) is 0 Å². The molecular formula is C21H33N5O3. The maximum atomic E-state index is 12.8. The normalized spacial score (nSPS) is 29.6. The third kappa shape index (κ3) is 4.33. The lowest BCUT2D eigenvalue weighted by atomic mass is 9.72. The van der Waals surface area contributed by atoms with Crippen molar-refractivity contribution in [2.75, 3.05) is 39.4 Å². The number of hydrogen-bond donors (Lipinski definition) is 2. The number of carbonyl (C=O) groups excluding carboxylic acids is 2. The maximum absolute atomic E-state index is 12.8. The second kappa shape index (κ2) is 8.83. The summed E-state index contributed by atoms with van der Waals surface area (Å²) in [6.45, 7) is 8.79. The standard InChI is InChI=1S/C21H33N5O3/c1-3-29-8-7-25-12-15-9-16(13-25)19(26-18(15)5-4-6-20(26)27)11-23-21(28)17-10-22-14(2)24-17/h10,15-16,18-19H,3-9,11-13H2,1-2H3,(H,22,24)(H,23,28)/t15-,16-,18-,19-/m0/s1. The Morgan fingerprint density at radius 3 is 2.97 bits per heavy atom. The highest BCUT2D eigenvalue weighted by atomic mass is 16.5. The number of fused-ring (bicyclic) bond motifs is 4. The topological polar surface area (TPSA) is 90.6 Å². The van der Waals surface area contributed by atoms with Crippen LogP contribution >= 0.6 is 0 Å². The summed E-state index contributed by atoms with van der Waals surface area (Å²) in [6, 6.07) is 0.366. The van der Waals surface area contributed by atoms with Crippen LogP contribution in [0.4, 0.5) is 0 Å². The van der Waals surface area contributed by atoms with Crippen molar-refractivity contribution in [2.24, 2.45) is 11.8 Å². The Morgan fingerprint density at radius 2 is 2.21 bits per heavy atom. The monoisotopic (exact) mass is 403 g/mol. The number of nitrogens with one attached hydrogen (secondary N) is 2. The molecule has 2 amide bonds. The minimum atomic E-state index is -0.155. The predicted octanol–water partition coefficient (Wildman–Crippen LogP) is 1.19. The van der Waals surface area contributed by atoms with E-state index >= 15 is 0 Å². The molecule has 1 aromatic heterocycles. The number of imidazole rings is 1. The molecule has 0 spiro atoms. The van der Waals surface area contributed by atoms with Gasteiger partial charge in [0.1, 0.15) is 11.5 Å². The molecule has 29 heavy (non-hydrogen) atoms. The number of aromatic nitrogens is 2. The zero-order valence-electron chi connectivity index (χ0n) is 17.5. The van der Waals surface area contributed by atoms with E-state index in [1.807, 2.05) is 13.8 Å². The zero-order valence-corrected chi connectivity index (χ0v) is 17.5. The van der Waals surface area contributed by atoms with Crippen molar-refractivity contribution in [3.05, 3.63) is 17.7 Å². The molecule has 1 aromatic rings. The van der Waals surface area contributed by atoms with Gasteiger partial charge in [0.05, 0.1) is 18.8 Å². The van der Waals surface area contributed by atoms with Crippen LogP contribution in [0.3, 0.4) is 0 Å². The molecule has 0 aliphatic carbocycles. The molecule has 3 fully saturated rings. The van der Waals surface area contributed by atoms with Crippen LogP contribution in [-0.2, 0) is 9.53 Å². The molecule has 3 saturated heterocycles. The number of H-pyrrole nitrogens is 1. The second-order valence-electron chi connectivity index (χ2n) is 8.63. The number of likely N-dealkylation sites (tertiary alicyclic amines) is 1. The summed E-state index contributed by atoms with van der Waals surface area (Å²) in [5.41, 5.74) is 0.472. The maximum Gasteiger partial charge on any atom is 0.269 e. The third-order valence-corrected chi connectivity index (χ3v) is 6.75. The van der Waals surface area contributed by atoms with E-state index in [-0.39, 0.29) is 17.9 Å². The number of piperidine rings is 3. The van der Waals surface area contributed by atoms with Gasteiger partial charge in [-0.2, -0.15) is 0 Å². The van der Waals surface area contributed by atoms with Gasteiger partial charge < -0.3 is 24.8 Å². The molecule has 2 bridgehead atoms. The molecule has 3 aliphatic heterocycles. The van der Waals surface area contributed by atoms with E-state index < -0.39 is 0 Å². The summed E-state index contributed by atoms with van der Waals surface area (Å²) in [5, 5.41) is 3.06. The summed E-state index contributed by atoms with van der Waals surface area (Å²) >= 11 is 0. The van der Waals surface area contributed by atoms with Gasteiger partial charge in [-0.1, -0.05) is 0 Å². The van der Waals surface area contributed by atoms with E-state index in [1.165, 1.54) is 0 Å². The van der Waals surface area contributed by atoms with Crippen molar-refractivity contribution in [3.8, 4) is 0 Å². The molecule has 0 aromatic carbocycles. The van der Waals surface area contributed by atoms with Gasteiger partial charge in [0, 0.05) is 45.2 Å². The zero-order chi connectivity index (χ0) is 20.4. The van der Waals surface area contributed by atoms with Crippen LogP contribution in [0.1, 0.15) is 48.9 Å². The van der Waals surface area contributed by atoms with Gasteiger partial charge in [0.2, 0.25) is 5.91 Å². The van der Waals surface area contributed by atoms with E-state index in [0.717, 1.165) is 57.9 Å². The molecule has 0 unspecified atom stereocenters. The summed E-state index contributed by atoms with van der Waals surface area (Å²) in [6.07, 6.45) is 5.39. The number of ether oxygens (including phenoxy) is 1. The molecular weight excluding hydrogens is 370 g/mol. The van der Waals surface area contributed by atoms with Gasteiger partial charge in [-0.05, 0) is 44.9 Å². The first-order chi connectivity index (χ1) is 14.1. The smallest absolute Gasteiger partial charge is 0.269 e. The lowest BCUT2D eigenvalue weighted by molar-refractivity contribution is -0.152. The van der Waals surface area contributed by atoms with Crippen LogP contribution in [0.5, 0.6) is 0 Å². The van der Waals surface area contributed by atoms with E-state index in [0.29, 0.717) is 36.5 Å². The molecule has 0 saturated carbocycles. The van der Waals surface area contributed by atoms with Crippen molar-refractivity contribution >= 4 is 11.8 Å². The van der Waals surface area contributed by atoms with Gasteiger partial charge in [0.25, 0.3) is 5.91 Å². The SMILES string of the molecule is CCOCCN1C[C@@H]2C[C@@H](C1)[C@H](CNC(=O)c1cnc(C)[nH]1)N1C(=O)CCC[C@@H]21. The van der Waals surface area contributed by atoms with E-state index in [2.05, 4.69) is 25.1 Å². The van der Waals surface area contributed by atoms with Gasteiger partial charge in [-0.3, -0.25) is 9.59 Å². The number of aromatic amines is 1. The lowest BCUT2D eigenvalue weighted by Crippen LogP contribution is -2.67. The highest BCUT2D eigenvalue weighted by Crippen LogP contribution is 2.41. The molecule has 4 atom stereocenters. The fourth-order valence-electron chi connectivity index (χ4n) is 5.48. The first-order valence-electron chi connectivity index (χ1n) is 11.0. The first-order valence-corrected chi connectivity index (χ1v) is 11.0. The third-order valence-electron chi connectivity index (χ3n) is 6.75. The Labute approximate surface area is 172 Å². The Kier molecular flexibility index (Phi) is 6.20. The quantitative estimate of drug-likeness (QED) is 0.668. The highest BCUT2D eigenvalue weighted by Gasteiger charge is 2.49. The predicted molar refractivity (Wildman–Crippen MR) is 108 cm³/mol. The van der Waals surface area contributed by atoms with Crippen molar-refractivity contribution in [2.45, 2.75) is 51.6 Å². The Balaban J connectivity index is 1.47. The number of aryl methyl sites for hydroxylation is 1. The first kappa shape index (κ1) is 20.3. The lowest BCUT2D eigenvalue weighted by Gasteiger charge is -2.56. The number of carbonyl (C=O) groups is 2. The summed E-state index contributed by atoms with van der Waals surface area (Å²) < 4.78 is 5.57. The minimum absolute atomic E-state index is 0.0620. The minimum Gasteiger partial charge on any atom is -0.380 e. The number of rotatable bonds is 7. The van der Waals surface area contributed by atoms with E-state index in [4.69, 9.17) is 4.74 Å². The second-order valence-corrected chi connectivity index (χ2v) is 8.63. The summed E-state index contributed by atoms with van der Waals surface area (Å²) in [7, 11) is 0. The summed E-state index contributed by atoms with van der Waals surface area (Å²) in [5.74, 6) is 1.74. The fourth-order valence-corrected chi connectivity index (χ4v) is 5.48. The molecule has 4 rings (SSSR count). The van der Waals surface area contributed by atoms with Crippen LogP contribution in [0.25, 0.3) is 0 Å². The van der Waals surface area contributed by atoms with Crippen LogP contribution in [-0.4, -0.2) is 83.1 Å². The summed E-state index contributed by atoms with van der Waals surface area (Å²) in [4.78, 5) is 37.1. The van der Waals surface area contributed by atoms with Crippen molar-refractivity contribution < 1.29 is 14.3 Å². The van der Waals surface area contributed by atoms with Crippen LogP contribution in [0, 0.1) is 18.8 Å². The Bertz CT molecular complexity index is 736. The Morgan fingerprint density at radius 1 is 1.38 bits per heavy atom. The number of nitrogens with zero attached hydrogens (tertiary/aromatic N) is 3. The molecule has 2 N–H and O–H groups in total.